The van der Waals surface area contributed by atoms with Gasteiger partial charge < -0.3 is 15.1 Å². The summed E-state index contributed by atoms with van der Waals surface area (Å²) >= 11 is 0. The van der Waals surface area contributed by atoms with Crippen LogP contribution in [0.15, 0.2) is 78.9 Å². The molecule has 2 aliphatic rings. The Kier molecular flexibility index (Phi) is 5.19. The van der Waals surface area contributed by atoms with Crippen molar-refractivity contribution in [3.8, 4) is 11.1 Å². The summed E-state index contributed by atoms with van der Waals surface area (Å²) in [5.74, 6) is -0.656. The van der Waals surface area contributed by atoms with Gasteiger partial charge >= 0.3 is 0 Å². The molecule has 3 aromatic carbocycles. The predicted octanol–water partition coefficient (Wildman–Crippen LogP) is 3.94. The number of carbonyl (C=O) groups is 3. The lowest BCUT2D eigenvalue weighted by molar-refractivity contribution is -0.124. The van der Waals surface area contributed by atoms with E-state index in [1.165, 1.54) is 4.90 Å². The third-order valence-corrected chi connectivity index (χ3v) is 6.08. The van der Waals surface area contributed by atoms with Gasteiger partial charge in [0.15, 0.2) is 0 Å². The Morgan fingerprint density at radius 3 is 2.38 bits per heavy atom. The molecule has 2 aliphatic heterocycles. The van der Waals surface area contributed by atoms with Gasteiger partial charge in [0.05, 0.1) is 11.3 Å². The Balaban J connectivity index is 1.44. The molecule has 0 radical (unpaired) electrons. The average Bonchev–Trinajstić information content (AvgIpc) is 3.30. The molecule has 160 valence electrons. The molecule has 0 spiro atoms. The summed E-state index contributed by atoms with van der Waals surface area (Å²) in [6.07, 6.45) is 1.41. The van der Waals surface area contributed by atoms with Crippen LogP contribution < -0.4 is 10.2 Å². The van der Waals surface area contributed by atoms with Crippen molar-refractivity contribution in [1.82, 2.24) is 4.90 Å². The highest BCUT2D eigenvalue weighted by Crippen LogP contribution is 2.33. The van der Waals surface area contributed by atoms with E-state index in [-0.39, 0.29) is 24.3 Å². The Hall–Kier alpha value is -3.93. The summed E-state index contributed by atoms with van der Waals surface area (Å²) in [5, 5.41) is 2.97. The van der Waals surface area contributed by atoms with Crippen molar-refractivity contribution in [3.05, 3.63) is 84.4 Å². The highest BCUT2D eigenvalue weighted by atomic mass is 16.2. The van der Waals surface area contributed by atoms with Crippen molar-refractivity contribution >= 4 is 29.1 Å². The second kappa shape index (κ2) is 8.30. The molecule has 2 heterocycles. The number of hydrogen-bond acceptors (Lipinski definition) is 3. The molecule has 0 bridgehead atoms. The lowest BCUT2D eigenvalue weighted by atomic mass is 10.0. The summed E-state index contributed by atoms with van der Waals surface area (Å²) in [5.41, 5.74) is 3.52. The van der Waals surface area contributed by atoms with E-state index in [1.807, 2.05) is 54.6 Å². The first-order valence-corrected chi connectivity index (χ1v) is 10.8. The number of carbonyl (C=O) groups excluding carboxylic acids is 3. The Labute approximate surface area is 186 Å². The standard InChI is InChI=1S/C26H23N3O3/c30-24(27-21-13-6-4-11-19(21)18-9-2-1-3-10-18)17-29-22-14-7-5-12-20(22)25(31)28-16-8-15-23(28)26(29)32/h1-7,9-14,23H,8,15-17H2,(H,27,30)/t23-/m0/s1. The number of anilines is 2. The third-order valence-electron chi connectivity index (χ3n) is 6.08. The number of amides is 3. The number of benzene rings is 3. The zero-order valence-corrected chi connectivity index (χ0v) is 17.5. The Morgan fingerprint density at radius 1 is 0.875 bits per heavy atom. The summed E-state index contributed by atoms with van der Waals surface area (Å²) in [7, 11) is 0. The zero-order chi connectivity index (χ0) is 22.1. The van der Waals surface area contributed by atoms with E-state index in [9.17, 15) is 14.4 Å². The average molecular weight is 425 g/mol. The fourth-order valence-corrected chi connectivity index (χ4v) is 4.57. The van der Waals surface area contributed by atoms with Gasteiger partial charge in [0.1, 0.15) is 12.6 Å². The minimum absolute atomic E-state index is 0.145. The molecule has 6 heteroatoms. The number of para-hydroxylation sites is 2. The van der Waals surface area contributed by atoms with Crippen molar-refractivity contribution in [3.63, 3.8) is 0 Å². The lowest BCUT2D eigenvalue weighted by Gasteiger charge is -2.25. The Bertz CT molecular complexity index is 1190. The molecule has 0 unspecified atom stereocenters. The number of rotatable bonds is 4. The summed E-state index contributed by atoms with van der Waals surface area (Å²) < 4.78 is 0. The van der Waals surface area contributed by atoms with Crippen LogP contribution in [0.4, 0.5) is 11.4 Å². The van der Waals surface area contributed by atoms with Crippen molar-refractivity contribution < 1.29 is 14.4 Å². The molecule has 0 saturated carbocycles. The molecule has 0 aliphatic carbocycles. The SMILES string of the molecule is O=C(CN1C(=O)[C@@H]2CCCN2C(=O)c2ccccc21)Nc1ccccc1-c1ccccc1. The first-order valence-electron chi connectivity index (χ1n) is 10.8. The van der Waals surface area contributed by atoms with Gasteiger partial charge in [0.25, 0.3) is 5.91 Å². The molecule has 6 nitrogen and oxygen atoms in total. The van der Waals surface area contributed by atoms with E-state index in [0.717, 1.165) is 17.5 Å². The summed E-state index contributed by atoms with van der Waals surface area (Å²) in [4.78, 5) is 42.6. The van der Waals surface area contributed by atoms with Gasteiger partial charge in [-0.25, -0.2) is 0 Å². The first-order chi connectivity index (χ1) is 15.6. The van der Waals surface area contributed by atoms with E-state index in [2.05, 4.69) is 5.32 Å². The monoisotopic (exact) mass is 425 g/mol. The third kappa shape index (κ3) is 3.54. The number of fused-ring (bicyclic) bond motifs is 2. The van der Waals surface area contributed by atoms with Gasteiger partial charge in [-0.1, -0.05) is 60.7 Å². The van der Waals surface area contributed by atoms with Crippen molar-refractivity contribution in [2.45, 2.75) is 18.9 Å². The number of hydrogen-bond donors (Lipinski definition) is 1. The second-order valence-electron chi connectivity index (χ2n) is 8.06. The summed E-state index contributed by atoms with van der Waals surface area (Å²) in [6, 6.07) is 23.9. The van der Waals surface area contributed by atoms with Crippen LogP contribution in [0.3, 0.4) is 0 Å². The van der Waals surface area contributed by atoms with Crippen LogP contribution in [0, 0.1) is 0 Å². The van der Waals surface area contributed by atoms with Crippen molar-refractivity contribution in [2.75, 3.05) is 23.3 Å². The maximum atomic E-state index is 13.4. The van der Waals surface area contributed by atoms with E-state index in [4.69, 9.17) is 0 Å². The molecular weight excluding hydrogens is 402 g/mol. The van der Waals surface area contributed by atoms with Crippen LogP contribution in [0.5, 0.6) is 0 Å². The summed E-state index contributed by atoms with van der Waals surface area (Å²) in [6.45, 7) is 0.407. The fraction of sp³-hybridized carbons (Fsp3) is 0.192. The molecule has 1 saturated heterocycles. The van der Waals surface area contributed by atoms with Gasteiger partial charge in [-0.2, -0.15) is 0 Å². The van der Waals surface area contributed by atoms with Gasteiger partial charge in [-0.05, 0) is 36.6 Å². The van der Waals surface area contributed by atoms with Gasteiger partial charge in [-0.15, -0.1) is 0 Å². The van der Waals surface area contributed by atoms with Crippen molar-refractivity contribution in [1.29, 1.82) is 0 Å². The fourth-order valence-electron chi connectivity index (χ4n) is 4.57. The largest absolute Gasteiger partial charge is 0.327 e. The minimum atomic E-state index is -0.515. The highest BCUT2D eigenvalue weighted by Gasteiger charge is 2.42. The molecule has 0 aromatic heterocycles. The number of nitrogens with zero attached hydrogens (tertiary/aromatic N) is 2. The molecule has 3 amide bonds. The van der Waals surface area contributed by atoms with Crippen LogP contribution >= 0.6 is 0 Å². The van der Waals surface area contributed by atoms with Crippen LogP contribution in [0.2, 0.25) is 0 Å². The lowest BCUT2D eigenvalue weighted by Crippen LogP contribution is -2.47. The highest BCUT2D eigenvalue weighted by molar-refractivity contribution is 6.13. The van der Waals surface area contributed by atoms with Gasteiger partial charge in [0, 0.05) is 17.8 Å². The first kappa shape index (κ1) is 20.0. The van der Waals surface area contributed by atoms with E-state index < -0.39 is 6.04 Å². The molecule has 1 fully saturated rings. The van der Waals surface area contributed by atoms with Crippen molar-refractivity contribution in [2.24, 2.45) is 0 Å². The maximum Gasteiger partial charge on any atom is 0.256 e. The topological polar surface area (TPSA) is 69.7 Å². The molecule has 1 N–H and O–H groups in total. The smallest absolute Gasteiger partial charge is 0.256 e. The maximum absolute atomic E-state index is 13.4. The minimum Gasteiger partial charge on any atom is -0.327 e. The van der Waals surface area contributed by atoms with Crippen LogP contribution in [0.1, 0.15) is 23.2 Å². The molecule has 32 heavy (non-hydrogen) atoms. The second-order valence-corrected chi connectivity index (χ2v) is 8.06. The van der Waals surface area contributed by atoms with Crippen LogP contribution in [0.25, 0.3) is 11.1 Å². The molecule has 3 aromatic rings. The molecular formula is C26H23N3O3. The van der Waals surface area contributed by atoms with E-state index >= 15 is 0 Å². The Morgan fingerprint density at radius 2 is 1.56 bits per heavy atom. The predicted molar refractivity (Wildman–Crippen MR) is 123 cm³/mol. The van der Waals surface area contributed by atoms with Crippen LogP contribution in [-0.2, 0) is 9.59 Å². The van der Waals surface area contributed by atoms with Gasteiger partial charge in [0.2, 0.25) is 11.8 Å². The van der Waals surface area contributed by atoms with E-state index in [1.54, 1.807) is 29.2 Å². The molecule has 5 rings (SSSR count). The van der Waals surface area contributed by atoms with Gasteiger partial charge in [-0.3, -0.25) is 14.4 Å². The van der Waals surface area contributed by atoms with E-state index in [0.29, 0.717) is 29.9 Å². The molecule has 1 atom stereocenters. The normalized spacial score (nSPS) is 17.6. The zero-order valence-electron chi connectivity index (χ0n) is 17.5. The quantitative estimate of drug-likeness (QED) is 0.688. The van der Waals surface area contributed by atoms with Crippen LogP contribution in [-0.4, -0.2) is 41.8 Å². The number of nitrogens with one attached hydrogen (secondary N) is 1.